The molecule has 1 saturated heterocycles. The predicted octanol–water partition coefficient (Wildman–Crippen LogP) is 1.42. The fourth-order valence-corrected chi connectivity index (χ4v) is 2.37. The van der Waals surface area contributed by atoms with E-state index in [2.05, 4.69) is 5.10 Å². The molecule has 1 aromatic heterocycles. The Morgan fingerprint density at radius 1 is 1.43 bits per heavy atom. The standard InChI is InChI=1S/C14H14F2N2O3/c15-10-2-3-12(13(16)6-10)14(9-18-5-1-4-17-18)20-8-11(7-19)21-14/h1-6,11,19H,7-9H2. The van der Waals surface area contributed by atoms with Crippen molar-refractivity contribution in [1.82, 2.24) is 9.78 Å². The number of ether oxygens (including phenoxy) is 2. The Kier molecular flexibility index (Phi) is 3.71. The topological polar surface area (TPSA) is 56.5 Å². The molecule has 2 aromatic rings. The van der Waals surface area contributed by atoms with Crippen molar-refractivity contribution in [3.63, 3.8) is 0 Å². The summed E-state index contributed by atoms with van der Waals surface area (Å²) in [4.78, 5) is 0. The van der Waals surface area contributed by atoms with E-state index >= 15 is 0 Å². The Labute approximate surface area is 119 Å². The molecule has 0 radical (unpaired) electrons. The summed E-state index contributed by atoms with van der Waals surface area (Å²) in [5, 5.41) is 13.2. The molecule has 7 heteroatoms. The molecule has 1 aliphatic heterocycles. The number of nitrogens with zero attached hydrogens (tertiary/aromatic N) is 2. The second kappa shape index (κ2) is 5.51. The van der Waals surface area contributed by atoms with Gasteiger partial charge in [0, 0.05) is 24.0 Å². The van der Waals surface area contributed by atoms with E-state index in [4.69, 9.17) is 9.47 Å². The van der Waals surface area contributed by atoms with Crippen LogP contribution in [0.15, 0.2) is 36.7 Å². The number of hydrogen-bond acceptors (Lipinski definition) is 4. The lowest BCUT2D eigenvalue weighted by molar-refractivity contribution is -0.193. The van der Waals surface area contributed by atoms with Crippen LogP contribution in [0.25, 0.3) is 0 Å². The third kappa shape index (κ3) is 2.67. The number of aliphatic hydroxyl groups is 1. The quantitative estimate of drug-likeness (QED) is 0.927. The lowest BCUT2D eigenvalue weighted by Gasteiger charge is -2.28. The average Bonchev–Trinajstić information content (AvgIpc) is 3.09. The van der Waals surface area contributed by atoms with Crippen LogP contribution >= 0.6 is 0 Å². The summed E-state index contributed by atoms with van der Waals surface area (Å²) in [6.07, 6.45) is 2.69. The number of aromatic nitrogens is 2. The van der Waals surface area contributed by atoms with Gasteiger partial charge in [-0.3, -0.25) is 4.68 Å². The smallest absolute Gasteiger partial charge is 0.218 e. The molecule has 0 spiro atoms. The van der Waals surface area contributed by atoms with E-state index in [1.807, 2.05) is 0 Å². The van der Waals surface area contributed by atoms with Gasteiger partial charge in [-0.05, 0) is 18.2 Å². The Morgan fingerprint density at radius 3 is 2.90 bits per heavy atom. The zero-order chi connectivity index (χ0) is 14.9. The molecule has 1 N–H and O–H groups in total. The highest BCUT2D eigenvalue weighted by Crippen LogP contribution is 2.37. The Hall–Kier alpha value is -1.83. The molecule has 2 heterocycles. The summed E-state index contributed by atoms with van der Waals surface area (Å²) in [5.41, 5.74) is 0.0790. The molecule has 5 nitrogen and oxygen atoms in total. The molecule has 3 rings (SSSR count). The second-order valence-electron chi connectivity index (χ2n) is 4.81. The van der Waals surface area contributed by atoms with Gasteiger partial charge in [-0.25, -0.2) is 8.78 Å². The summed E-state index contributed by atoms with van der Waals surface area (Å²) in [5.74, 6) is -2.88. The first-order chi connectivity index (χ1) is 10.1. The minimum atomic E-state index is -1.43. The Morgan fingerprint density at radius 2 is 2.29 bits per heavy atom. The van der Waals surface area contributed by atoms with Gasteiger partial charge in [0.1, 0.15) is 17.7 Å². The van der Waals surface area contributed by atoms with Gasteiger partial charge >= 0.3 is 0 Å². The first-order valence-electron chi connectivity index (χ1n) is 6.48. The van der Waals surface area contributed by atoms with Gasteiger partial charge in [-0.15, -0.1) is 0 Å². The van der Waals surface area contributed by atoms with Crippen LogP contribution in [0.2, 0.25) is 0 Å². The molecule has 1 aromatic carbocycles. The van der Waals surface area contributed by atoms with Crippen molar-refractivity contribution in [3.8, 4) is 0 Å². The van der Waals surface area contributed by atoms with Crippen molar-refractivity contribution < 1.29 is 23.4 Å². The van der Waals surface area contributed by atoms with Crippen LogP contribution in [-0.4, -0.2) is 34.2 Å². The lowest BCUT2D eigenvalue weighted by Crippen LogP contribution is -2.35. The van der Waals surface area contributed by atoms with Crippen molar-refractivity contribution in [2.45, 2.75) is 18.4 Å². The molecular weight excluding hydrogens is 282 g/mol. The van der Waals surface area contributed by atoms with E-state index in [0.717, 1.165) is 12.1 Å². The fourth-order valence-electron chi connectivity index (χ4n) is 2.37. The largest absolute Gasteiger partial charge is 0.394 e. The van der Waals surface area contributed by atoms with Crippen molar-refractivity contribution in [1.29, 1.82) is 0 Å². The highest BCUT2D eigenvalue weighted by Gasteiger charge is 2.45. The predicted molar refractivity (Wildman–Crippen MR) is 68.2 cm³/mol. The van der Waals surface area contributed by atoms with Crippen LogP contribution in [0, 0.1) is 11.6 Å². The van der Waals surface area contributed by atoms with Crippen molar-refractivity contribution in [3.05, 3.63) is 53.9 Å². The molecule has 0 amide bonds. The van der Waals surface area contributed by atoms with Crippen LogP contribution in [0.5, 0.6) is 0 Å². The van der Waals surface area contributed by atoms with Gasteiger partial charge in [0.2, 0.25) is 5.79 Å². The molecule has 0 aliphatic carbocycles. The van der Waals surface area contributed by atoms with E-state index in [1.165, 1.54) is 10.7 Å². The van der Waals surface area contributed by atoms with E-state index < -0.39 is 23.5 Å². The van der Waals surface area contributed by atoms with Crippen LogP contribution < -0.4 is 0 Å². The summed E-state index contributed by atoms with van der Waals surface area (Å²) in [6.45, 7) is -0.0304. The van der Waals surface area contributed by atoms with Gasteiger partial charge in [-0.2, -0.15) is 5.10 Å². The SMILES string of the molecule is OCC1COC(Cn2cccn2)(c2ccc(F)cc2F)O1. The number of benzene rings is 1. The molecular formula is C14H14F2N2O3. The van der Waals surface area contributed by atoms with Crippen LogP contribution in [0.4, 0.5) is 8.78 Å². The lowest BCUT2D eigenvalue weighted by atomic mass is 10.0. The highest BCUT2D eigenvalue weighted by molar-refractivity contribution is 5.24. The zero-order valence-electron chi connectivity index (χ0n) is 11.1. The van der Waals surface area contributed by atoms with Crippen molar-refractivity contribution >= 4 is 0 Å². The maximum atomic E-state index is 14.1. The molecule has 0 bridgehead atoms. The summed E-state index contributed by atoms with van der Waals surface area (Å²) >= 11 is 0. The zero-order valence-corrected chi connectivity index (χ0v) is 11.1. The van der Waals surface area contributed by atoms with E-state index in [-0.39, 0.29) is 25.3 Å². The molecule has 21 heavy (non-hydrogen) atoms. The third-order valence-electron chi connectivity index (χ3n) is 3.33. The summed E-state index contributed by atoms with van der Waals surface area (Å²) in [7, 11) is 0. The molecule has 2 atom stereocenters. The first kappa shape index (κ1) is 14.1. The minimum Gasteiger partial charge on any atom is -0.394 e. The van der Waals surface area contributed by atoms with Crippen LogP contribution in [0.3, 0.4) is 0 Å². The second-order valence-corrected chi connectivity index (χ2v) is 4.81. The van der Waals surface area contributed by atoms with Gasteiger partial charge in [0.25, 0.3) is 0 Å². The normalized spacial score (nSPS) is 25.4. The Bertz CT molecular complexity index is 621. The van der Waals surface area contributed by atoms with Crippen LogP contribution in [0.1, 0.15) is 5.56 Å². The summed E-state index contributed by atoms with van der Waals surface area (Å²) in [6, 6.07) is 4.92. The average molecular weight is 296 g/mol. The van der Waals surface area contributed by atoms with Gasteiger partial charge in [0.05, 0.1) is 19.8 Å². The van der Waals surface area contributed by atoms with Crippen molar-refractivity contribution in [2.75, 3.05) is 13.2 Å². The minimum absolute atomic E-state index is 0.0790. The number of rotatable bonds is 4. The number of aliphatic hydroxyl groups excluding tert-OH is 1. The van der Waals surface area contributed by atoms with Gasteiger partial charge < -0.3 is 14.6 Å². The maximum absolute atomic E-state index is 14.1. The Balaban J connectivity index is 1.99. The van der Waals surface area contributed by atoms with Crippen molar-refractivity contribution in [2.24, 2.45) is 0 Å². The molecule has 0 saturated carbocycles. The molecule has 1 fully saturated rings. The molecule has 112 valence electrons. The van der Waals surface area contributed by atoms with E-state index in [1.54, 1.807) is 18.5 Å². The first-order valence-corrected chi connectivity index (χ1v) is 6.48. The van der Waals surface area contributed by atoms with Gasteiger partial charge in [-0.1, -0.05) is 0 Å². The summed E-state index contributed by atoms with van der Waals surface area (Å²) < 4.78 is 40.0. The van der Waals surface area contributed by atoms with Gasteiger partial charge in [0.15, 0.2) is 0 Å². The molecule has 2 unspecified atom stereocenters. The monoisotopic (exact) mass is 296 g/mol. The number of halogens is 2. The fraction of sp³-hybridized carbons (Fsp3) is 0.357. The van der Waals surface area contributed by atoms with E-state index in [0.29, 0.717) is 0 Å². The van der Waals surface area contributed by atoms with E-state index in [9.17, 15) is 13.9 Å². The third-order valence-corrected chi connectivity index (χ3v) is 3.33. The maximum Gasteiger partial charge on any atom is 0.218 e. The highest BCUT2D eigenvalue weighted by atomic mass is 19.1. The van der Waals surface area contributed by atoms with Crippen LogP contribution in [-0.2, 0) is 21.8 Å². The number of hydrogen-bond donors (Lipinski definition) is 1. The molecule has 1 aliphatic rings.